The molecule has 3 nitrogen and oxygen atoms in total. The molecule has 0 saturated heterocycles. The first-order chi connectivity index (χ1) is 12.3. The smallest absolute Gasteiger partial charge is 0.383 e. The van der Waals surface area contributed by atoms with E-state index in [0.29, 0.717) is 16.3 Å². The van der Waals surface area contributed by atoms with Gasteiger partial charge in [-0.3, -0.25) is 0 Å². The van der Waals surface area contributed by atoms with Crippen LogP contribution >= 0.6 is 11.6 Å². The van der Waals surface area contributed by atoms with Gasteiger partial charge in [-0.1, -0.05) is 48.0 Å². The van der Waals surface area contributed by atoms with E-state index in [4.69, 9.17) is 17.3 Å². The largest absolute Gasteiger partial charge is 0.417 e. The number of hydrogen-bond acceptors (Lipinski definition) is 3. The maximum absolute atomic E-state index is 13.4. The molecule has 26 heavy (non-hydrogen) atoms. The van der Waals surface area contributed by atoms with E-state index in [9.17, 15) is 18.4 Å². The number of aromatic nitrogens is 1. The Morgan fingerprint density at radius 1 is 0.962 bits per heavy atom. The molecule has 0 aliphatic carbocycles. The third kappa shape index (κ3) is 3.22. The van der Waals surface area contributed by atoms with Gasteiger partial charge in [-0.2, -0.15) is 18.4 Å². The lowest BCUT2D eigenvalue weighted by molar-refractivity contribution is -0.137. The highest BCUT2D eigenvalue weighted by atomic mass is 35.5. The van der Waals surface area contributed by atoms with Crippen LogP contribution in [0.3, 0.4) is 0 Å². The molecule has 0 unspecified atom stereocenters. The maximum Gasteiger partial charge on any atom is 0.417 e. The molecular weight excluding hydrogens is 363 g/mol. The quantitative estimate of drug-likeness (QED) is 0.641. The van der Waals surface area contributed by atoms with Crippen LogP contribution < -0.4 is 5.73 Å². The topological polar surface area (TPSA) is 62.7 Å². The standard InChI is InChI=1S/C19H11ClF3N3/c20-16-8-4-2-6-12(16)17-9-13(14(10-24)18(25)26-17)11-5-1-3-7-15(11)19(21,22)23/h1-9H,(H2,25,26). The highest BCUT2D eigenvalue weighted by Crippen LogP contribution is 2.40. The van der Waals surface area contributed by atoms with Gasteiger partial charge < -0.3 is 5.73 Å². The van der Waals surface area contributed by atoms with E-state index in [2.05, 4.69) is 4.98 Å². The van der Waals surface area contributed by atoms with Crippen LogP contribution in [0.1, 0.15) is 11.1 Å². The van der Waals surface area contributed by atoms with Crippen molar-refractivity contribution < 1.29 is 13.2 Å². The highest BCUT2D eigenvalue weighted by molar-refractivity contribution is 6.33. The molecule has 2 aromatic carbocycles. The molecule has 0 amide bonds. The third-order valence-corrected chi connectivity index (χ3v) is 4.16. The van der Waals surface area contributed by atoms with Crippen LogP contribution in [0.2, 0.25) is 5.02 Å². The second kappa shape index (κ2) is 6.70. The van der Waals surface area contributed by atoms with E-state index in [1.54, 1.807) is 24.3 Å². The Hall–Kier alpha value is -3.04. The second-order valence-electron chi connectivity index (χ2n) is 5.45. The molecule has 0 aliphatic rings. The molecule has 130 valence electrons. The number of nitriles is 1. The van der Waals surface area contributed by atoms with Crippen molar-refractivity contribution in [2.45, 2.75) is 6.18 Å². The van der Waals surface area contributed by atoms with Gasteiger partial charge in [0.15, 0.2) is 0 Å². The van der Waals surface area contributed by atoms with Gasteiger partial charge in [0.1, 0.15) is 17.5 Å². The lowest BCUT2D eigenvalue weighted by Crippen LogP contribution is -2.08. The number of rotatable bonds is 2. The average Bonchev–Trinajstić information content (AvgIpc) is 2.60. The minimum Gasteiger partial charge on any atom is -0.383 e. The Morgan fingerprint density at radius 3 is 2.19 bits per heavy atom. The van der Waals surface area contributed by atoms with Gasteiger partial charge in [0.2, 0.25) is 0 Å². The van der Waals surface area contributed by atoms with E-state index in [-0.39, 0.29) is 22.5 Å². The summed E-state index contributed by atoms with van der Waals surface area (Å²) in [7, 11) is 0. The predicted octanol–water partition coefficient (Wildman–Crippen LogP) is 5.54. The summed E-state index contributed by atoms with van der Waals surface area (Å²) < 4.78 is 40.2. The van der Waals surface area contributed by atoms with Gasteiger partial charge >= 0.3 is 6.18 Å². The van der Waals surface area contributed by atoms with Gasteiger partial charge in [0, 0.05) is 16.1 Å². The van der Waals surface area contributed by atoms with Crippen molar-refractivity contribution in [1.82, 2.24) is 4.98 Å². The molecular formula is C19H11ClF3N3. The molecule has 1 heterocycles. The van der Waals surface area contributed by atoms with Gasteiger partial charge in [0.05, 0.1) is 11.3 Å². The van der Waals surface area contributed by atoms with Gasteiger partial charge in [-0.15, -0.1) is 0 Å². The van der Waals surface area contributed by atoms with Crippen LogP contribution in [0.5, 0.6) is 0 Å². The number of halogens is 4. The molecule has 0 aliphatic heterocycles. The molecule has 7 heteroatoms. The summed E-state index contributed by atoms with van der Waals surface area (Å²) >= 11 is 6.16. The zero-order valence-corrected chi connectivity index (χ0v) is 13.9. The lowest BCUT2D eigenvalue weighted by atomic mass is 9.94. The fraction of sp³-hybridized carbons (Fsp3) is 0.0526. The normalized spacial score (nSPS) is 11.2. The monoisotopic (exact) mass is 373 g/mol. The first-order valence-electron chi connectivity index (χ1n) is 7.45. The molecule has 0 saturated carbocycles. The number of pyridine rings is 1. The molecule has 1 aromatic heterocycles. The summed E-state index contributed by atoms with van der Waals surface area (Å²) in [4.78, 5) is 4.14. The minimum atomic E-state index is -4.58. The Kier molecular flexibility index (Phi) is 4.58. The van der Waals surface area contributed by atoms with E-state index < -0.39 is 11.7 Å². The SMILES string of the molecule is N#Cc1c(-c2ccccc2C(F)(F)F)cc(-c2ccccc2Cl)nc1N. The summed E-state index contributed by atoms with van der Waals surface area (Å²) in [5.41, 5.74) is 5.61. The zero-order valence-electron chi connectivity index (χ0n) is 13.2. The Bertz CT molecular complexity index is 1020. The van der Waals surface area contributed by atoms with Gasteiger partial charge in [0.25, 0.3) is 0 Å². The summed E-state index contributed by atoms with van der Waals surface area (Å²) in [6, 6.07) is 15.0. The molecule has 3 rings (SSSR count). The minimum absolute atomic E-state index is 0.0582. The van der Waals surface area contributed by atoms with E-state index >= 15 is 0 Å². The average molecular weight is 374 g/mol. The molecule has 3 aromatic rings. The number of alkyl halides is 3. The third-order valence-electron chi connectivity index (χ3n) is 3.83. The molecule has 0 spiro atoms. The lowest BCUT2D eigenvalue weighted by Gasteiger charge is -2.16. The Labute approximate surface area is 152 Å². The highest BCUT2D eigenvalue weighted by Gasteiger charge is 2.34. The Balaban J connectivity index is 2.33. The van der Waals surface area contributed by atoms with Gasteiger partial charge in [-0.05, 0) is 23.8 Å². The number of hydrogen-bond donors (Lipinski definition) is 1. The van der Waals surface area contributed by atoms with Crippen molar-refractivity contribution in [3.05, 3.63) is 70.7 Å². The molecule has 0 bridgehead atoms. The summed E-state index contributed by atoms with van der Waals surface area (Å²) in [5.74, 6) is -0.156. The number of anilines is 1. The van der Waals surface area contributed by atoms with Crippen LogP contribution in [0.25, 0.3) is 22.4 Å². The number of benzene rings is 2. The second-order valence-corrected chi connectivity index (χ2v) is 5.86. The van der Waals surface area contributed by atoms with Crippen LogP contribution in [0.15, 0.2) is 54.6 Å². The van der Waals surface area contributed by atoms with Crippen LogP contribution in [0.4, 0.5) is 19.0 Å². The predicted molar refractivity (Wildman–Crippen MR) is 94.2 cm³/mol. The molecule has 0 radical (unpaired) electrons. The van der Waals surface area contributed by atoms with Crippen molar-refractivity contribution >= 4 is 17.4 Å². The fourth-order valence-corrected chi connectivity index (χ4v) is 2.90. The first kappa shape index (κ1) is 17.8. The number of nitrogen functional groups attached to an aromatic ring is 1. The van der Waals surface area contributed by atoms with Crippen molar-refractivity contribution in [2.75, 3.05) is 5.73 Å². The van der Waals surface area contributed by atoms with E-state index in [1.165, 1.54) is 24.3 Å². The molecule has 0 atom stereocenters. The van der Waals surface area contributed by atoms with Crippen LogP contribution in [0, 0.1) is 11.3 Å². The van der Waals surface area contributed by atoms with Crippen molar-refractivity contribution in [3.63, 3.8) is 0 Å². The number of nitrogens with zero attached hydrogens (tertiary/aromatic N) is 2. The Morgan fingerprint density at radius 2 is 1.58 bits per heavy atom. The summed E-state index contributed by atoms with van der Waals surface area (Å²) in [5, 5.41) is 9.77. The number of nitrogens with two attached hydrogens (primary N) is 1. The zero-order chi connectivity index (χ0) is 18.9. The van der Waals surface area contributed by atoms with Crippen LogP contribution in [-0.4, -0.2) is 4.98 Å². The maximum atomic E-state index is 13.4. The van der Waals surface area contributed by atoms with Crippen molar-refractivity contribution in [1.29, 1.82) is 5.26 Å². The van der Waals surface area contributed by atoms with E-state index in [0.717, 1.165) is 6.07 Å². The molecule has 0 fully saturated rings. The van der Waals surface area contributed by atoms with Crippen molar-refractivity contribution in [2.24, 2.45) is 0 Å². The summed E-state index contributed by atoms with van der Waals surface area (Å²) in [6.07, 6.45) is -4.58. The molecule has 2 N–H and O–H groups in total. The fourth-order valence-electron chi connectivity index (χ4n) is 2.67. The van der Waals surface area contributed by atoms with Crippen molar-refractivity contribution in [3.8, 4) is 28.5 Å². The van der Waals surface area contributed by atoms with Gasteiger partial charge in [-0.25, -0.2) is 4.98 Å². The first-order valence-corrected chi connectivity index (χ1v) is 7.83. The summed E-state index contributed by atoms with van der Waals surface area (Å²) in [6.45, 7) is 0. The van der Waals surface area contributed by atoms with E-state index in [1.807, 2.05) is 6.07 Å². The van der Waals surface area contributed by atoms with Crippen LogP contribution in [-0.2, 0) is 6.18 Å².